The fraction of sp³-hybridized carbons (Fsp3) is 0.682. The number of carbonyl (C=O) groups is 1. The zero-order valence-electron chi connectivity index (χ0n) is 17.1. The number of amides is 1. The maximum atomic E-state index is 12.2. The minimum atomic E-state index is -0.408. The Morgan fingerprint density at radius 2 is 1.89 bits per heavy atom. The third-order valence-corrected chi connectivity index (χ3v) is 6.41. The van der Waals surface area contributed by atoms with E-state index in [9.17, 15) is 4.79 Å². The summed E-state index contributed by atoms with van der Waals surface area (Å²) < 4.78 is 5.48. The van der Waals surface area contributed by atoms with E-state index >= 15 is 0 Å². The Morgan fingerprint density at radius 3 is 2.59 bits per heavy atom. The molecule has 0 bridgehead atoms. The third kappa shape index (κ3) is 6.42. The Kier molecular flexibility index (Phi) is 7.10. The fourth-order valence-electron chi connectivity index (χ4n) is 3.81. The van der Waals surface area contributed by atoms with Crippen LogP contribution in [0.2, 0.25) is 0 Å². The number of likely N-dealkylation sites (tertiary alicyclic amines) is 1. The number of thioether (sulfide) groups is 1. The lowest BCUT2D eigenvalue weighted by Crippen LogP contribution is -2.41. The predicted molar refractivity (Wildman–Crippen MR) is 113 cm³/mol. The number of benzene rings is 1. The zero-order chi connectivity index (χ0) is 19.3. The van der Waals surface area contributed by atoms with Gasteiger partial charge in [0.25, 0.3) is 0 Å². The van der Waals surface area contributed by atoms with E-state index in [2.05, 4.69) is 23.5 Å². The first-order valence-electron chi connectivity index (χ1n) is 10.3. The molecule has 0 unspecified atom stereocenters. The monoisotopic (exact) mass is 390 g/mol. The summed E-state index contributed by atoms with van der Waals surface area (Å²) in [6.45, 7) is 9.63. The molecule has 2 aliphatic rings. The first-order valence-corrected chi connectivity index (χ1v) is 11.3. The quantitative estimate of drug-likeness (QED) is 0.769. The number of ether oxygens (including phenoxy) is 1. The van der Waals surface area contributed by atoms with Crippen molar-refractivity contribution in [1.29, 1.82) is 0 Å². The van der Waals surface area contributed by atoms with Gasteiger partial charge in [0.05, 0.1) is 0 Å². The van der Waals surface area contributed by atoms with Gasteiger partial charge >= 0.3 is 6.09 Å². The van der Waals surface area contributed by atoms with Gasteiger partial charge in [-0.15, -0.1) is 11.8 Å². The van der Waals surface area contributed by atoms with Crippen molar-refractivity contribution in [2.24, 2.45) is 5.92 Å². The number of hydrogen-bond acceptors (Lipinski definition) is 4. The number of carbonyl (C=O) groups excluding carboxylic acids is 1. The Bertz CT molecular complexity index is 634. The Labute approximate surface area is 168 Å². The topological polar surface area (TPSA) is 41.6 Å². The molecule has 1 fully saturated rings. The van der Waals surface area contributed by atoms with Gasteiger partial charge in [0, 0.05) is 18.0 Å². The van der Waals surface area contributed by atoms with Crippen LogP contribution in [-0.2, 0) is 17.6 Å². The molecule has 0 spiro atoms. The summed E-state index contributed by atoms with van der Waals surface area (Å²) >= 11 is 1.98. The highest BCUT2D eigenvalue weighted by Crippen LogP contribution is 2.28. The highest BCUT2D eigenvalue weighted by Gasteiger charge is 2.26. The molecule has 5 heteroatoms. The van der Waals surface area contributed by atoms with Gasteiger partial charge in [-0.1, -0.05) is 6.07 Å². The number of rotatable bonds is 4. The normalized spacial score (nSPS) is 18.7. The fourth-order valence-corrected chi connectivity index (χ4v) is 4.89. The van der Waals surface area contributed by atoms with Gasteiger partial charge in [0.2, 0.25) is 0 Å². The average Bonchev–Trinajstić information content (AvgIpc) is 2.86. The number of fused-ring (bicyclic) bond motifs is 1. The lowest BCUT2D eigenvalue weighted by atomic mass is 9.95. The van der Waals surface area contributed by atoms with Crippen LogP contribution in [-0.4, -0.2) is 48.5 Å². The molecule has 0 saturated carbocycles. The molecule has 0 aromatic heterocycles. The van der Waals surface area contributed by atoms with Gasteiger partial charge in [-0.2, -0.15) is 0 Å². The molecule has 2 heterocycles. The van der Waals surface area contributed by atoms with Crippen LogP contribution in [0.25, 0.3) is 0 Å². The van der Waals surface area contributed by atoms with E-state index in [-0.39, 0.29) is 6.09 Å². The standard InChI is InChI=1S/C22H34N2O2S/c1-22(2,3)26-21(25)24-13-8-17(9-14-24)10-15-27-20-5-4-18-6-11-23-12-7-19(18)16-20/h4-5,16-17,23H,6-15H2,1-3H3. The second-order valence-electron chi connectivity index (χ2n) is 8.73. The minimum Gasteiger partial charge on any atom is -0.444 e. The summed E-state index contributed by atoms with van der Waals surface area (Å²) in [5.74, 6) is 1.88. The van der Waals surface area contributed by atoms with Crippen LogP contribution in [0.3, 0.4) is 0 Å². The molecule has 27 heavy (non-hydrogen) atoms. The van der Waals surface area contributed by atoms with E-state index in [0.29, 0.717) is 0 Å². The van der Waals surface area contributed by atoms with Crippen LogP contribution in [0.4, 0.5) is 4.79 Å². The van der Waals surface area contributed by atoms with Crippen molar-refractivity contribution in [2.45, 2.75) is 63.4 Å². The molecular formula is C22H34N2O2S. The molecule has 4 nitrogen and oxygen atoms in total. The summed E-state index contributed by atoms with van der Waals surface area (Å²) in [5.41, 5.74) is 2.63. The van der Waals surface area contributed by atoms with Crippen LogP contribution < -0.4 is 5.32 Å². The lowest BCUT2D eigenvalue weighted by Gasteiger charge is -2.33. The van der Waals surface area contributed by atoms with Crippen molar-refractivity contribution in [3.05, 3.63) is 29.3 Å². The lowest BCUT2D eigenvalue weighted by molar-refractivity contribution is 0.0183. The van der Waals surface area contributed by atoms with Crippen molar-refractivity contribution < 1.29 is 9.53 Å². The molecule has 0 atom stereocenters. The smallest absolute Gasteiger partial charge is 0.410 e. The van der Waals surface area contributed by atoms with E-state index in [1.54, 1.807) is 0 Å². The predicted octanol–water partition coefficient (Wildman–Crippen LogP) is 4.50. The number of nitrogens with zero attached hydrogens (tertiary/aromatic N) is 1. The van der Waals surface area contributed by atoms with Crippen molar-refractivity contribution >= 4 is 17.9 Å². The van der Waals surface area contributed by atoms with Crippen LogP contribution in [0.5, 0.6) is 0 Å². The minimum absolute atomic E-state index is 0.158. The van der Waals surface area contributed by atoms with E-state index in [1.807, 2.05) is 37.4 Å². The summed E-state index contributed by atoms with van der Waals surface area (Å²) in [6, 6.07) is 7.02. The first-order chi connectivity index (χ1) is 12.9. The van der Waals surface area contributed by atoms with Crippen molar-refractivity contribution in [3.63, 3.8) is 0 Å². The summed E-state index contributed by atoms with van der Waals surface area (Å²) in [6.07, 6.45) is 5.55. The van der Waals surface area contributed by atoms with Crippen LogP contribution in [0.15, 0.2) is 23.1 Å². The molecule has 150 valence electrons. The van der Waals surface area contributed by atoms with Gasteiger partial charge in [-0.05, 0) is 101 Å². The second-order valence-corrected chi connectivity index (χ2v) is 9.90. The summed E-state index contributed by atoms with van der Waals surface area (Å²) in [7, 11) is 0. The van der Waals surface area contributed by atoms with Crippen LogP contribution in [0.1, 0.15) is 51.2 Å². The maximum absolute atomic E-state index is 12.2. The zero-order valence-corrected chi connectivity index (χ0v) is 17.9. The number of nitrogens with one attached hydrogen (secondary N) is 1. The molecule has 1 aromatic rings. The molecule has 1 N–H and O–H groups in total. The molecule has 1 aromatic carbocycles. The van der Waals surface area contributed by atoms with Crippen molar-refractivity contribution in [3.8, 4) is 0 Å². The molecule has 0 aliphatic carbocycles. The van der Waals surface area contributed by atoms with Crippen molar-refractivity contribution in [1.82, 2.24) is 10.2 Å². The Hall–Kier alpha value is -1.20. The number of hydrogen-bond donors (Lipinski definition) is 1. The van der Waals surface area contributed by atoms with Crippen molar-refractivity contribution in [2.75, 3.05) is 31.9 Å². The SMILES string of the molecule is CC(C)(C)OC(=O)N1CCC(CCSc2ccc3c(c2)CCNCC3)CC1. The Balaban J connectivity index is 1.39. The van der Waals surface area contributed by atoms with Gasteiger partial charge in [0.1, 0.15) is 5.60 Å². The van der Waals surface area contributed by atoms with Crippen LogP contribution >= 0.6 is 11.8 Å². The van der Waals surface area contributed by atoms with E-state index < -0.39 is 5.60 Å². The summed E-state index contributed by atoms with van der Waals surface area (Å²) in [4.78, 5) is 15.4. The molecule has 3 rings (SSSR count). The molecule has 1 saturated heterocycles. The molecule has 2 aliphatic heterocycles. The molecule has 0 radical (unpaired) electrons. The Morgan fingerprint density at radius 1 is 1.19 bits per heavy atom. The van der Waals surface area contributed by atoms with Gasteiger partial charge in [-0.25, -0.2) is 4.79 Å². The first kappa shape index (κ1) is 20.5. The average molecular weight is 391 g/mol. The highest BCUT2D eigenvalue weighted by molar-refractivity contribution is 7.99. The van der Waals surface area contributed by atoms with E-state index in [0.717, 1.165) is 63.5 Å². The molecular weight excluding hydrogens is 356 g/mol. The molecule has 1 amide bonds. The van der Waals surface area contributed by atoms with E-state index in [1.165, 1.54) is 22.4 Å². The maximum Gasteiger partial charge on any atom is 0.410 e. The van der Waals surface area contributed by atoms with Crippen LogP contribution in [0, 0.1) is 5.92 Å². The second kappa shape index (κ2) is 9.33. The van der Waals surface area contributed by atoms with Gasteiger partial charge in [0.15, 0.2) is 0 Å². The highest BCUT2D eigenvalue weighted by atomic mass is 32.2. The van der Waals surface area contributed by atoms with E-state index in [4.69, 9.17) is 4.74 Å². The largest absolute Gasteiger partial charge is 0.444 e. The number of piperidine rings is 1. The summed E-state index contributed by atoms with van der Waals surface area (Å²) in [5, 5.41) is 3.48. The van der Waals surface area contributed by atoms with Gasteiger partial charge in [-0.3, -0.25) is 0 Å². The third-order valence-electron chi connectivity index (χ3n) is 5.38. The van der Waals surface area contributed by atoms with Gasteiger partial charge < -0.3 is 15.0 Å².